The van der Waals surface area contributed by atoms with E-state index in [-0.39, 0.29) is 18.6 Å². The average molecular weight is 320 g/mol. The van der Waals surface area contributed by atoms with Crippen molar-refractivity contribution in [3.8, 4) is 11.5 Å². The molecule has 0 spiro atoms. The fraction of sp³-hybridized carbons (Fsp3) is 0.588. The maximum absolute atomic E-state index is 12.8. The third kappa shape index (κ3) is 3.59. The van der Waals surface area contributed by atoms with Gasteiger partial charge in [0.1, 0.15) is 0 Å². The normalized spacial score (nSPS) is 17.7. The quantitative estimate of drug-likeness (QED) is 0.819. The minimum absolute atomic E-state index is 0.0297. The zero-order valence-electron chi connectivity index (χ0n) is 13.7. The number of methoxy groups -OCH3 is 1. The van der Waals surface area contributed by atoms with E-state index in [1.54, 1.807) is 7.11 Å². The van der Waals surface area contributed by atoms with E-state index in [2.05, 4.69) is 5.32 Å². The van der Waals surface area contributed by atoms with Crippen LogP contribution < -0.4 is 14.8 Å². The van der Waals surface area contributed by atoms with Crippen LogP contribution >= 0.6 is 0 Å². The molecule has 1 unspecified atom stereocenters. The molecule has 1 saturated heterocycles. The third-order valence-corrected chi connectivity index (χ3v) is 4.60. The summed E-state index contributed by atoms with van der Waals surface area (Å²) in [5.74, 6) is 2.16. The van der Waals surface area contributed by atoms with Gasteiger partial charge in [-0.25, -0.2) is 0 Å². The van der Waals surface area contributed by atoms with Crippen molar-refractivity contribution < 1.29 is 19.0 Å². The molecule has 2 aliphatic heterocycles. The van der Waals surface area contributed by atoms with Gasteiger partial charge in [0.25, 0.3) is 0 Å². The fourth-order valence-electron chi connectivity index (χ4n) is 2.88. The minimum atomic E-state index is 0.0297. The summed E-state index contributed by atoms with van der Waals surface area (Å²) in [7, 11) is 1.66. The number of nitrogens with one attached hydrogen (secondary N) is 1. The molecule has 1 atom stereocenters. The van der Waals surface area contributed by atoms with Crippen molar-refractivity contribution in [2.24, 2.45) is 11.8 Å². The van der Waals surface area contributed by atoms with Crippen molar-refractivity contribution in [3.63, 3.8) is 0 Å². The second kappa shape index (κ2) is 7.19. The van der Waals surface area contributed by atoms with E-state index < -0.39 is 0 Å². The van der Waals surface area contributed by atoms with Crippen molar-refractivity contribution >= 4 is 5.91 Å². The number of benzene rings is 1. The lowest BCUT2D eigenvalue weighted by Crippen LogP contribution is -2.50. The first kappa shape index (κ1) is 16.1. The van der Waals surface area contributed by atoms with Crippen LogP contribution in [0.2, 0.25) is 0 Å². The standard InChI is InChI=1S/C17H24N2O4/c1-12(14-8-18-9-14)17(20)19(5-6-21-2)10-13-3-4-15-16(7-13)23-11-22-15/h3-4,7,12,14,18H,5-6,8-11H2,1-2H3. The zero-order chi connectivity index (χ0) is 16.2. The van der Waals surface area contributed by atoms with Crippen LogP contribution in [0.15, 0.2) is 18.2 Å². The molecular weight excluding hydrogens is 296 g/mol. The third-order valence-electron chi connectivity index (χ3n) is 4.60. The zero-order valence-corrected chi connectivity index (χ0v) is 13.7. The fourth-order valence-corrected chi connectivity index (χ4v) is 2.88. The van der Waals surface area contributed by atoms with Crippen LogP contribution in [0.3, 0.4) is 0 Å². The van der Waals surface area contributed by atoms with Crippen molar-refractivity contribution in [3.05, 3.63) is 23.8 Å². The van der Waals surface area contributed by atoms with Crippen molar-refractivity contribution in [1.29, 1.82) is 0 Å². The van der Waals surface area contributed by atoms with Crippen LogP contribution in [-0.2, 0) is 16.1 Å². The Kier molecular flexibility index (Phi) is 5.03. The Hall–Kier alpha value is -1.79. The summed E-state index contributed by atoms with van der Waals surface area (Å²) in [5.41, 5.74) is 1.04. The molecule has 0 radical (unpaired) electrons. The largest absolute Gasteiger partial charge is 0.454 e. The average Bonchev–Trinajstić information content (AvgIpc) is 2.96. The van der Waals surface area contributed by atoms with Gasteiger partial charge in [0.05, 0.1) is 6.61 Å². The van der Waals surface area contributed by atoms with Gasteiger partial charge in [-0.1, -0.05) is 13.0 Å². The molecule has 1 aromatic rings. The number of carbonyl (C=O) groups is 1. The van der Waals surface area contributed by atoms with Gasteiger partial charge in [0, 0.05) is 26.1 Å². The molecule has 0 aromatic heterocycles. The number of hydrogen-bond donors (Lipinski definition) is 1. The lowest BCUT2D eigenvalue weighted by atomic mass is 9.88. The van der Waals surface area contributed by atoms with E-state index in [4.69, 9.17) is 14.2 Å². The second-order valence-electron chi connectivity index (χ2n) is 6.15. The molecule has 1 aromatic carbocycles. The number of fused-ring (bicyclic) bond motifs is 1. The molecule has 3 rings (SSSR count). The van der Waals surface area contributed by atoms with Gasteiger partial charge >= 0.3 is 0 Å². The number of ether oxygens (including phenoxy) is 3. The van der Waals surface area contributed by atoms with E-state index in [0.29, 0.717) is 25.6 Å². The summed E-state index contributed by atoms with van der Waals surface area (Å²) in [5, 5.41) is 3.23. The van der Waals surface area contributed by atoms with Crippen LogP contribution in [0.5, 0.6) is 11.5 Å². The number of hydrogen-bond acceptors (Lipinski definition) is 5. The lowest BCUT2D eigenvalue weighted by Gasteiger charge is -2.35. The van der Waals surface area contributed by atoms with E-state index in [1.807, 2.05) is 30.0 Å². The van der Waals surface area contributed by atoms with Gasteiger partial charge in [-0.05, 0) is 36.7 Å². The summed E-state index contributed by atoms with van der Waals surface area (Å²) in [6.45, 7) is 5.82. The number of rotatable bonds is 7. The van der Waals surface area contributed by atoms with Crippen LogP contribution in [-0.4, -0.2) is 51.0 Å². The molecule has 6 heteroatoms. The van der Waals surface area contributed by atoms with Crippen LogP contribution in [0.1, 0.15) is 12.5 Å². The predicted octanol–water partition coefficient (Wildman–Crippen LogP) is 1.25. The smallest absolute Gasteiger partial charge is 0.231 e. The van der Waals surface area contributed by atoms with Crippen molar-refractivity contribution in [2.45, 2.75) is 13.5 Å². The Labute approximate surface area is 136 Å². The summed E-state index contributed by atoms with van der Waals surface area (Å²) in [6, 6.07) is 5.83. The summed E-state index contributed by atoms with van der Waals surface area (Å²) in [4.78, 5) is 14.7. The Morgan fingerprint density at radius 3 is 2.87 bits per heavy atom. The highest BCUT2D eigenvalue weighted by Gasteiger charge is 2.31. The Morgan fingerprint density at radius 2 is 2.17 bits per heavy atom. The molecular formula is C17H24N2O4. The molecule has 126 valence electrons. The van der Waals surface area contributed by atoms with Crippen LogP contribution in [0, 0.1) is 11.8 Å². The van der Waals surface area contributed by atoms with E-state index in [0.717, 1.165) is 30.2 Å². The minimum Gasteiger partial charge on any atom is -0.454 e. The summed E-state index contributed by atoms with van der Waals surface area (Å²) < 4.78 is 15.9. The number of carbonyl (C=O) groups excluding carboxylic acids is 1. The summed E-state index contributed by atoms with van der Waals surface area (Å²) >= 11 is 0. The van der Waals surface area contributed by atoms with Crippen LogP contribution in [0.4, 0.5) is 0 Å². The molecule has 1 N–H and O–H groups in total. The molecule has 1 amide bonds. The highest BCUT2D eigenvalue weighted by atomic mass is 16.7. The maximum atomic E-state index is 12.8. The molecule has 0 aliphatic carbocycles. The van der Waals surface area contributed by atoms with E-state index in [9.17, 15) is 4.79 Å². The highest BCUT2D eigenvalue weighted by molar-refractivity contribution is 5.79. The topological polar surface area (TPSA) is 60.0 Å². The van der Waals surface area contributed by atoms with Gasteiger partial charge < -0.3 is 24.4 Å². The second-order valence-corrected chi connectivity index (χ2v) is 6.15. The number of amides is 1. The monoisotopic (exact) mass is 320 g/mol. The van der Waals surface area contributed by atoms with E-state index >= 15 is 0 Å². The lowest BCUT2D eigenvalue weighted by molar-refractivity contribution is -0.138. The highest BCUT2D eigenvalue weighted by Crippen LogP contribution is 2.33. The van der Waals surface area contributed by atoms with Gasteiger partial charge in [0.15, 0.2) is 11.5 Å². The summed E-state index contributed by atoms with van der Waals surface area (Å²) in [6.07, 6.45) is 0. The van der Waals surface area contributed by atoms with Gasteiger partial charge in [0.2, 0.25) is 12.7 Å². The number of nitrogens with zero attached hydrogens (tertiary/aromatic N) is 1. The Balaban J connectivity index is 1.69. The molecule has 0 saturated carbocycles. The molecule has 0 bridgehead atoms. The van der Waals surface area contributed by atoms with Gasteiger partial charge in [-0.3, -0.25) is 4.79 Å². The first-order chi connectivity index (χ1) is 11.2. The first-order valence-corrected chi connectivity index (χ1v) is 8.06. The first-order valence-electron chi connectivity index (χ1n) is 8.06. The van der Waals surface area contributed by atoms with E-state index in [1.165, 1.54) is 0 Å². The predicted molar refractivity (Wildman–Crippen MR) is 85.4 cm³/mol. The Morgan fingerprint density at radius 1 is 1.39 bits per heavy atom. The molecule has 1 fully saturated rings. The maximum Gasteiger partial charge on any atom is 0.231 e. The van der Waals surface area contributed by atoms with Crippen molar-refractivity contribution in [2.75, 3.05) is 40.1 Å². The van der Waals surface area contributed by atoms with Gasteiger partial charge in [-0.2, -0.15) is 0 Å². The Bertz CT molecular complexity index is 560. The molecule has 2 aliphatic rings. The SMILES string of the molecule is COCCN(Cc1ccc2c(c1)OCO2)C(=O)C(C)C1CNC1. The van der Waals surface area contributed by atoms with Gasteiger partial charge in [-0.15, -0.1) is 0 Å². The van der Waals surface area contributed by atoms with Crippen molar-refractivity contribution in [1.82, 2.24) is 10.2 Å². The molecule has 6 nitrogen and oxygen atoms in total. The molecule has 2 heterocycles. The van der Waals surface area contributed by atoms with Crippen LogP contribution in [0.25, 0.3) is 0 Å². The molecule has 23 heavy (non-hydrogen) atoms.